The number of fused-ring (bicyclic) bond motifs is 2. The number of allylic oxidation sites excluding steroid dienone is 2. The third-order valence-electron chi connectivity index (χ3n) is 14.6. The second kappa shape index (κ2) is 30.6. The maximum atomic E-state index is 14.0. The Hall–Kier alpha value is -8.38. The van der Waals surface area contributed by atoms with E-state index in [2.05, 4.69) is 22.8 Å². The van der Waals surface area contributed by atoms with Gasteiger partial charge in [0.2, 0.25) is 0 Å². The van der Waals surface area contributed by atoms with Crippen molar-refractivity contribution in [1.29, 1.82) is 10.5 Å². The van der Waals surface area contributed by atoms with Gasteiger partial charge in [-0.05, 0) is 175 Å². The number of aryl methyl sites for hydroxylation is 2. The fraction of sp³-hybridized carbons (Fsp3) is 0.344. The van der Waals surface area contributed by atoms with Crippen LogP contribution in [-0.2, 0) is 28.7 Å². The van der Waals surface area contributed by atoms with Crippen molar-refractivity contribution < 1.29 is 66.7 Å². The van der Waals surface area contributed by atoms with Crippen molar-refractivity contribution in [3.63, 3.8) is 0 Å². The first-order valence-corrected chi connectivity index (χ1v) is 30.9. The minimum absolute atomic E-state index is 0.144. The standard InChI is InChI=1S/C64H58N4O14S4/c1-7-51(69)77-31-11-9-29-75-45-25-21-43(22-26-45)59(71)79-49-33-37(3)53(57-55(49)83-63(85-57)47(35-65)67-5)81-61(73)41-17-13-39(14-18-41)40-15-19-42(20-16-40)62(74)82-54-38(4)34-50(56-58(54)86-64(84-56)48(36-66)68-6)80-60(72)44-23-27-46(28-24-44)76-30-10-12-32-78-52(70)8-2/h7-8,21-28,33-34,39-42H,1-2,9-20,29-32H2,3-4H3/b63-47-,64-48+. The van der Waals surface area contributed by atoms with Crippen molar-refractivity contribution in [2.45, 2.75) is 110 Å². The molecule has 2 saturated carbocycles. The number of hydrogen-bond acceptors (Lipinski definition) is 20. The molecule has 18 nitrogen and oxygen atoms in total. The summed E-state index contributed by atoms with van der Waals surface area (Å²) in [7, 11) is 0. The van der Waals surface area contributed by atoms with E-state index in [0.29, 0.717) is 127 Å². The minimum atomic E-state index is -0.654. The molecule has 0 radical (unpaired) electrons. The molecule has 2 heterocycles. The van der Waals surface area contributed by atoms with E-state index in [1.165, 1.54) is 0 Å². The lowest BCUT2D eigenvalue weighted by Gasteiger charge is -2.36. The quantitative estimate of drug-likeness (QED) is 0.0168. The number of thioether (sulfide) groups is 4. The van der Waals surface area contributed by atoms with Crippen LogP contribution in [0.4, 0.5) is 0 Å². The number of ether oxygens (including phenoxy) is 8. The van der Waals surface area contributed by atoms with E-state index in [9.17, 15) is 39.3 Å². The van der Waals surface area contributed by atoms with Crippen LogP contribution >= 0.6 is 47.0 Å². The second-order valence-corrected chi connectivity index (χ2v) is 24.8. The Labute approximate surface area is 515 Å². The molecule has 2 fully saturated rings. The Kier molecular flexibility index (Phi) is 22.7. The Morgan fingerprint density at radius 1 is 0.535 bits per heavy atom. The number of unbranched alkanes of at least 4 members (excludes halogenated alkanes) is 2. The number of nitriles is 2. The third-order valence-corrected chi connectivity index (χ3v) is 19.8. The molecule has 0 amide bonds. The normalized spacial score (nSPS) is 18.5. The molecule has 86 heavy (non-hydrogen) atoms. The molecular formula is C64H58N4O14S4. The van der Waals surface area contributed by atoms with E-state index < -0.39 is 35.8 Å². The molecule has 22 heteroatoms. The molecule has 4 aliphatic rings. The molecule has 0 bridgehead atoms. The predicted molar refractivity (Wildman–Crippen MR) is 321 cm³/mol. The second-order valence-electron chi connectivity index (χ2n) is 20.2. The van der Waals surface area contributed by atoms with Crippen molar-refractivity contribution in [3.8, 4) is 46.6 Å². The van der Waals surface area contributed by atoms with Crippen LogP contribution in [-0.4, -0.2) is 62.2 Å². The van der Waals surface area contributed by atoms with E-state index in [1.54, 1.807) is 74.5 Å². The Morgan fingerprint density at radius 3 is 1.22 bits per heavy atom. The fourth-order valence-electron chi connectivity index (χ4n) is 10.0. The molecule has 4 aromatic carbocycles. The van der Waals surface area contributed by atoms with E-state index in [-0.39, 0.29) is 70.6 Å². The van der Waals surface area contributed by atoms with E-state index in [1.807, 2.05) is 12.1 Å². The summed E-state index contributed by atoms with van der Waals surface area (Å²) in [6.07, 6.45) is 10.3. The van der Waals surface area contributed by atoms with Crippen molar-refractivity contribution >= 4 is 82.9 Å². The van der Waals surface area contributed by atoms with Crippen LogP contribution < -0.4 is 28.4 Å². The van der Waals surface area contributed by atoms with Gasteiger partial charge in [0.1, 0.15) is 34.5 Å². The molecule has 2 aliphatic heterocycles. The Balaban J connectivity index is 0.843. The molecule has 0 spiro atoms. The first-order valence-electron chi connectivity index (χ1n) is 27.7. The number of esters is 6. The summed E-state index contributed by atoms with van der Waals surface area (Å²) in [6, 6.07) is 20.0. The van der Waals surface area contributed by atoms with Crippen LogP contribution in [0.5, 0.6) is 34.5 Å². The Morgan fingerprint density at radius 2 is 0.884 bits per heavy atom. The summed E-state index contributed by atoms with van der Waals surface area (Å²) in [5, 5.41) is 19.6. The number of carbonyl (C=O) groups excluding carboxylic acids is 6. The first kappa shape index (κ1) is 63.6. The zero-order valence-corrected chi connectivity index (χ0v) is 50.4. The van der Waals surface area contributed by atoms with Crippen molar-refractivity contribution in [2.24, 2.45) is 23.7 Å². The van der Waals surface area contributed by atoms with Crippen LogP contribution in [0.2, 0.25) is 0 Å². The average Bonchev–Trinajstić information content (AvgIpc) is 1.80. The van der Waals surface area contributed by atoms with Crippen LogP contribution in [0, 0.1) is 73.3 Å². The summed E-state index contributed by atoms with van der Waals surface area (Å²) in [6.45, 7) is 26.7. The molecule has 0 unspecified atom stereocenters. The van der Waals surface area contributed by atoms with E-state index in [4.69, 9.17) is 51.0 Å². The maximum Gasteiger partial charge on any atom is 0.343 e. The lowest BCUT2D eigenvalue weighted by atomic mass is 9.69. The summed E-state index contributed by atoms with van der Waals surface area (Å²) < 4.78 is 46.5. The smallest absolute Gasteiger partial charge is 0.343 e. The van der Waals surface area contributed by atoms with E-state index >= 15 is 0 Å². The number of carbonyl (C=O) groups is 6. The molecule has 0 atom stereocenters. The van der Waals surface area contributed by atoms with Crippen LogP contribution in [0.1, 0.15) is 109 Å². The monoisotopic (exact) mass is 1230 g/mol. The van der Waals surface area contributed by atoms with Crippen molar-refractivity contribution in [3.05, 3.63) is 151 Å². The number of hydrogen-bond donors (Lipinski definition) is 0. The van der Waals surface area contributed by atoms with Gasteiger partial charge in [-0.3, -0.25) is 9.59 Å². The summed E-state index contributed by atoms with van der Waals surface area (Å²) in [5.74, 6) is -1.15. The largest absolute Gasteiger partial charge is 0.494 e. The van der Waals surface area contributed by atoms with Crippen molar-refractivity contribution in [2.75, 3.05) is 26.4 Å². The van der Waals surface area contributed by atoms with Gasteiger partial charge in [-0.1, -0.05) is 60.2 Å². The van der Waals surface area contributed by atoms with Gasteiger partial charge < -0.3 is 37.9 Å². The van der Waals surface area contributed by atoms with Gasteiger partial charge in [0.15, 0.2) is 0 Å². The Bertz CT molecular complexity index is 3290. The fourth-order valence-corrected chi connectivity index (χ4v) is 15.1. The van der Waals surface area contributed by atoms with Crippen LogP contribution in [0.3, 0.4) is 0 Å². The van der Waals surface area contributed by atoms with Crippen molar-refractivity contribution in [1.82, 2.24) is 0 Å². The highest BCUT2D eigenvalue weighted by molar-refractivity contribution is 8.25. The summed E-state index contributed by atoms with van der Waals surface area (Å²) in [5.41, 5.74) is 1.25. The molecule has 442 valence electrons. The molecular weight excluding hydrogens is 1180 g/mol. The highest BCUT2D eigenvalue weighted by Gasteiger charge is 2.39. The minimum Gasteiger partial charge on any atom is -0.494 e. The first-order chi connectivity index (χ1) is 41.6. The third kappa shape index (κ3) is 16.1. The molecule has 2 aliphatic carbocycles. The maximum absolute atomic E-state index is 14.0. The van der Waals surface area contributed by atoms with Gasteiger partial charge in [-0.15, -0.1) is 0 Å². The number of nitrogens with zero attached hydrogens (tertiary/aromatic N) is 4. The average molecular weight is 1240 g/mol. The van der Waals surface area contributed by atoms with Gasteiger partial charge in [0.05, 0.1) is 103 Å². The number of benzene rings is 4. The van der Waals surface area contributed by atoms with Gasteiger partial charge in [0.25, 0.3) is 11.4 Å². The lowest BCUT2D eigenvalue weighted by molar-refractivity contribution is -0.142. The predicted octanol–water partition coefficient (Wildman–Crippen LogP) is 14.3. The van der Waals surface area contributed by atoms with Crippen LogP contribution in [0.15, 0.2) is 125 Å². The topological polar surface area (TPSA) is 233 Å². The summed E-state index contributed by atoms with van der Waals surface area (Å²) in [4.78, 5) is 86.1. The molecule has 4 aromatic rings. The molecule has 0 aromatic heterocycles. The SMILES string of the molecule is [C-]#[N+]/C(C#N)=C1/Sc2c(OC(=O)c3ccc(OCCCCOC(=O)C=C)cc3)cc(C)c(OC(=O)C3CCC(C4CCC(C(=O)Oc5c(C)cc(OC(=O)c6ccc(OCCCCOC(=O)C=C)cc6)c6c5S/C(=C(\C#N)[N+]#[C-])S6)CC4)CC3)c2S1. The highest BCUT2D eigenvalue weighted by atomic mass is 32.2. The summed E-state index contributed by atoms with van der Waals surface area (Å²) >= 11 is 4.44. The number of rotatable bonds is 23. The zero-order chi connectivity index (χ0) is 61.3. The van der Waals surface area contributed by atoms with Gasteiger partial charge in [-0.25, -0.2) is 39.4 Å². The van der Waals surface area contributed by atoms with Gasteiger partial charge >= 0.3 is 35.8 Å². The molecule has 8 rings (SSSR count). The van der Waals surface area contributed by atoms with Gasteiger partial charge in [0, 0.05) is 12.2 Å². The molecule has 0 N–H and O–H groups in total. The van der Waals surface area contributed by atoms with Crippen LogP contribution in [0.25, 0.3) is 9.69 Å². The molecule has 0 saturated heterocycles. The van der Waals surface area contributed by atoms with Gasteiger partial charge in [-0.2, -0.15) is 0 Å². The lowest BCUT2D eigenvalue weighted by Crippen LogP contribution is -2.32. The zero-order valence-electron chi connectivity index (χ0n) is 47.1. The highest BCUT2D eigenvalue weighted by Crippen LogP contribution is 2.61. The van der Waals surface area contributed by atoms with E-state index in [0.717, 1.165) is 84.9 Å².